The van der Waals surface area contributed by atoms with E-state index in [0.717, 1.165) is 63.2 Å². The molecule has 7 nitrogen and oxygen atoms in total. The van der Waals surface area contributed by atoms with E-state index in [4.69, 9.17) is 9.90 Å². The Balaban J connectivity index is 0.000000298. The lowest BCUT2D eigenvalue weighted by atomic mass is 10.0. The number of aromatic nitrogens is 2. The van der Waals surface area contributed by atoms with Crippen molar-refractivity contribution in [3.8, 4) is 0 Å². The zero-order valence-electron chi connectivity index (χ0n) is 15.5. The quantitative estimate of drug-likeness (QED) is 0.782. The number of carbonyl (C=O) groups is 2. The molecule has 4 heterocycles. The number of fused-ring (bicyclic) bond motifs is 1. The Morgan fingerprint density at radius 3 is 2.52 bits per heavy atom. The average Bonchev–Trinajstić information content (AvgIpc) is 3.42. The number of nitrogens with one attached hydrogen (secondary N) is 1. The van der Waals surface area contributed by atoms with Crippen LogP contribution < -0.4 is 0 Å². The van der Waals surface area contributed by atoms with Gasteiger partial charge in [0.15, 0.2) is 5.69 Å². The summed E-state index contributed by atoms with van der Waals surface area (Å²) >= 11 is 1.74. The van der Waals surface area contributed by atoms with Crippen LogP contribution in [-0.4, -0.2) is 62.8 Å². The predicted octanol–water partition coefficient (Wildman–Crippen LogP) is 2.90. The van der Waals surface area contributed by atoms with Crippen LogP contribution in [0.2, 0.25) is 0 Å². The van der Waals surface area contributed by atoms with Crippen LogP contribution in [0, 0.1) is 0 Å². The standard InChI is InChI=1S/C16H20N4OS.C2HF3O2/c21-16(20-5-1-2-6-20)15-13-3-7-19(10-14(13)17-18-15)9-12-4-8-22-11-12;3-2(4,5)1(6)7/h4,8,11H,1-3,5-7,9-10H2,(H,17,18);(H,6,7). The molecular formula is C18H21F3N4O3S. The maximum absolute atomic E-state index is 12.5. The Morgan fingerprint density at radius 2 is 1.93 bits per heavy atom. The molecule has 0 aliphatic carbocycles. The normalized spacial score (nSPS) is 16.9. The summed E-state index contributed by atoms with van der Waals surface area (Å²) in [4.78, 5) is 25.8. The van der Waals surface area contributed by atoms with Crippen molar-refractivity contribution in [2.75, 3.05) is 19.6 Å². The molecule has 0 spiro atoms. The Hall–Kier alpha value is -2.40. The molecule has 158 valence electrons. The number of aromatic amines is 1. The number of aliphatic carboxylic acids is 1. The molecule has 0 unspecified atom stereocenters. The van der Waals surface area contributed by atoms with Crippen LogP contribution in [0.25, 0.3) is 0 Å². The van der Waals surface area contributed by atoms with Crippen molar-refractivity contribution >= 4 is 23.2 Å². The molecule has 4 rings (SSSR count). The molecule has 1 amide bonds. The number of alkyl halides is 3. The number of carboxylic acid groups (broad SMARTS) is 1. The first-order valence-electron chi connectivity index (χ1n) is 9.14. The van der Waals surface area contributed by atoms with Gasteiger partial charge in [-0.3, -0.25) is 14.8 Å². The van der Waals surface area contributed by atoms with Gasteiger partial charge in [-0.2, -0.15) is 29.6 Å². The number of amides is 1. The van der Waals surface area contributed by atoms with Gasteiger partial charge >= 0.3 is 12.1 Å². The van der Waals surface area contributed by atoms with Crippen LogP contribution in [0.1, 0.15) is 40.2 Å². The van der Waals surface area contributed by atoms with Gasteiger partial charge in [0.1, 0.15) is 0 Å². The van der Waals surface area contributed by atoms with Gasteiger partial charge in [0.25, 0.3) is 5.91 Å². The predicted molar refractivity (Wildman–Crippen MR) is 99.6 cm³/mol. The Labute approximate surface area is 169 Å². The molecule has 0 bridgehead atoms. The van der Waals surface area contributed by atoms with E-state index in [0.29, 0.717) is 5.69 Å². The van der Waals surface area contributed by atoms with Gasteiger partial charge in [0, 0.05) is 38.3 Å². The average molecular weight is 430 g/mol. The lowest BCUT2D eigenvalue weighted by Crippen LogP contribution is -2.32. The highest BCUT2D eigenvalue weighted by atomic mass is 32.1. The Bertz CT molecular complexity index is 845. The largest absolute Gasteiger partial charge is 0.490 e. The van der Waals surface area contributed by atoms with Gasteiger partial charge in [-0.25, -0.2) is 4.79 Å². The molecule has 0 aromatic carbocycles. The number of thiophene rings is 1. The number of carboxylic acids is 1. The smallest absolute Gasteiger partial charge is 0.475 e. The minimum atomic E-state index is -5.08. The Morgan fingerprint density at radius 1 is 1.24 bits per heavy atom. The molecule has 1 fully saturated rings. The minimum absolute atomic E-state index is 0.112. The first-order chi connectivity index (χ1) is 13.8. The van der Waals surface area contributed by atoms with Gasteiger partial charge in [-0.1, -0.05) is 0 Å². The van der Waals surface area contributed by atoms with Crippen molar-refractivity contribution in [1.29, 1.82) is 0 Å². The summed E-state index contributed by atoms with van der Waals surface area (Å²) in [5.74, 6) is -2.64. The highest BCUT2D eigenvalue weighted by molar-refractivity contribution is 7.07. The molecule has 2 aromatic heterocycles. The van der Waals surface area contributed by atoms with Crippen molar-refractivity contribution in [2.45, 2.75) is 38.5 Å². The number of halogens is 3. The summed E-state index contributed by atoms with van der Waals surface area (Å²) in [5, 5.41) is 18.9. The summed E-state index contributed by atoms with van der Waals surface area (Å²) in [6.45, 7) is 4.57. The highest BCUT2D eigenvalue weighted by Gasteiger charge is 2.38. The van der Waals surface area contributed by atoms with E-state index in [1.54, 1.807) is 11.3 Å². The van der Waals surface area contributed by atoms with Crippen LogP contribution >= 0.6 is 11.3 Å². The molecular weight excluding hydrogens is 409 g/mol. The van der Waals surface area contributed by atoms with Crippen LogP contribution in [0.5, 0.6) is 0 Å². The van der Waals surface area contributed by atoms with E-state index < -0.39 is 12.1 Å². The second-order valence-electron chi connectivity index (χ2n) is 6.92. The van der Waals surface area contributed by atoms with Crippen molar-refractivity contribution in [1.82, 2.24) is 20.0 Å². The van der Waals surface area contributed by atoms with Gasteiger partial charge in [0.2, 0.25) is 0 Å². The third kappa shape index (κ3) is 5.36. The van der Waals surface area contributed by atoms with Crippen molar-refractivity contribution in [3.63, 3.8) is 0 Å². The van der Waals surface area contributed by atoms with Crippen LogP contribution in [0.4, 0.5) is 13.2 Å². The van der Waals surface area contributed by atoms with Crippen LogP contribution in [-0.2, 0) is 24.3 Å². The fraction of sp³-hybridized carbons (Fsp3) is 0.500. The van der Waals surface area contributed by atoms with Gasteiger partial charge in [0.05, 0.1) is 5.69 Å². The van der Waals surface area contributed by atoms with Crippen molar-refractivity contribution in [2.24, 2.45) is 0 Å². The number of rotatable bonds is 3. The van der Waals surface area contributed by atoms with Crippen molar-refractivity contribution < 1.29 is 27.9 Å². The number of hydrogen-bond donors (Lipinski definition) is 2. The van der Waals surface area contributed by atoms with E-state index in [-0.39, 0.29) is 5.91 Å². The van der Waals surface area contributed by atoms with E-state index in [9.17, 15) is 18.0 Å². The number of likely N-dealkylation sites (tertiary alicyclic amines) is 1. The molecule has 2 aliphatic rings. The third-order valence-corrected chi connectivity index (χ3v) is 5.57. The summed E-state index contributed by atoms with van der Waals surface area (Å²) in [6, 6.07) is 2.18. The molecule has 2 aromatic rings. The lowest BCUT2D eigenvalue weighted by Gasteiger charge is -2.26. The molecule has 0 saturated carbocycles. The number of hydrogen-bond acceptors (Lipinski definition) is 5. The van der Waals surface area contributed by atoms with E-state index >= 15 is 0 Å². The molecule has 0 radical (unpaired) electrons. The van der Waals surface area contributed by atoms with Crippen molar-refractivity contribution in [3.05, 3.63) is 39.3 Å². The van der Waals surface area contributed by atoms with E-state index in [2.05, 4.69) is 31.9 Å². The monoisotopic (exact) mass is 430 g/mol. The molecule has 1 saturated heterocycles. The van der Waals surface area contributed by atoms with Gasteiger partial charge in [-0.05, 0) is 41.7 Å². The first-order valence-corrected chi connectivity index (χ1v) is 10.1. The van der Waals surface area contributed by atoms with Gasteiger partial charge in [-0.15, -0.1) is 0 Å². The highest BCUT2D eigenvalue weighted by Crippen LogP contribution is 2.24. The molecule has 0 atom stereocenters. The summed E-state index contributed by atoms with van der Waals surface area (Å²) in [6.07, 6.45) is -1.94. The maximum Gasteiger partial charge on any atom is 0.490 e. The summed E-state index contributed by atoms with van der Waals surface area (Å²) in [7, 11) is 0. The topological polar surface area (TPSA) is 89.5 Å². The SMILES string of the molecule is O=C(O)C(F)(F)F.O=C(c1n[nH]c2c1CCN(Cc1ccsc1)C2)N1CCCC1. The van der Waals surface area contributed by atoms with E-state index in [1.165, 1.54) is 5.56 Å². The number of carbonyl (C=O) groups excluding carboxylic acids is 1. The molecule has 2 aliphatic heterocycles. The molecule has 11 heteroatoms. The lowest BCUT2D eigenvalue weighted by molar-refractivity contribution is -0.192. The second-order valence-corrected chi connectivity index (χ2v) is 7.70. The van der Waals surface area contributed by atoms with Crippen LogP contribution in [0.15, 0.2) is 16.8 Å². The first kappa shape index (κ1) is 21.3. The fourth-order valence-corrected chi connectivity index (χ4v) is 4.06. The van der Waals surface area contributed by atoms with Crippen LogP contribution in [0.3, 0.4) is 0 Å². The molecule has 29 heavy (non-hydrogen) atoms. The second kappa shape index (κ2) is 8.95. The summed E-state index contributed by atoms with van der Waals surface area (Å²) < 4.78 is 31.7. The minimum Gasteiger partial charge on any atom is -0.475 e. The zero-order valence-corrected chi connectivity index (χ0v) is 16.4. The third-order valence-electron chi connectivity index (χ3n) is 4.84. The number of nitrogens with zero attached hydrogens (tertiary/aromatic N) is 3. The van der Waals surface area contributed by atoms with E-state index in [1.807, 2.05) is 4.90 Å². The number of H-pyrrole nitrogens is 1. The maximum atomic E-state index is 12.5. The Kier molecular flexibility index (Phi) is 6.58. The summed E-state index contributed by atoms with van der Waals surface area (Å²) in [5.41, 5.74) is 4.27. The van der Waals surface area contributed by atoms with Gasteiger partial charge < -0.3 is 10.0 Å². The fourth-order valence-electron chi connectivity index (χ4n) is 3.40. The zero-order chi connectivity index (χ0) is 21.0. The molecule has 2 N–H and O–H groups in total.